The van der Waals surface area contributed by atoms with E-state index < -0.39 is 10.7 Å². The van der Waals surface area contributed by atoms with Crippen molar-refractivity contribution in [3.05, 3.63) is 40.0 Å². The first kappa shape index (κ1) is 11.0. The third-order valence-corrected chi connectivity index (χ3v) is 1.98. The van der Waals surface area contributed by atoms with Crippen molar-refractivity contribution >= 4 is 5.69 Å². The highest BCUT2D eigenvalue weighted by Gasteiger charge is 2.14. The van der Waals surface area contributed by atoms with E-state index in [1.165, 1.54) is 12.1 Å². The van der Waals surface area contributed by atoms with Crippen LogP contribution in [0.25, 0.3) is 11.4 Å². The predicted molar refractivity (Wildman–Crippen MR) is 54.4 cm³/mol. The van der Waals surface area contributed by atoms with E-state index in [9.17, 15) is 14.5 Å². The van der Waals surface area contributed by atoms with Gasteiger partial charge in [0.15, 0.2) is 5.82 Å². The van der Waals surface area contributed by atoms with Gasteiger partial charge < -0.3 is 0 Å². The Balaban J connectivity index is 2.46. The normalized spacial score (nSPS) is 10.2. The van der Waals surface area contributed by atoms with Gasteiger partial charge in [-0.2, -0.15) is 0 Å². The summed E-state index contributed by atoms with van der Waals surface area (Å²) < 4.78 is 13.6. The van der Waals surface area contributed by atoms with Crippen LogP contribution in [-0.4, -0.2) is 25.3 Å². The van der Waals surface area contributed by atoms with Gasteiger partial charge in [0, 0.05) is 6.07 Å². The zero-order valence-corrected chi connectivity index (χ0v) is 8.66. The molecule has 0 atom stereocenters. The monoisotopic (exact) mass is 235 g/mol. The highest BCUT2D eigenvalue weighted by Crippen LogP contribution is 2.22. The molecule has 1 aromatic carbocycles. The summed E-state index contributed by atoms with van der Waals surface area (Å²) in [5.74, 6) is -0.439. The average molecular weight is 235 g/mol. The second-order valence-electron chi connectivity index (χ2n) is 3.19. The van der Waals surface area contributed by atoms with Crippen LogP contribution >= 0.6 is 0 Å². The molecule has 1 heterocycles. The Morgan fingerprint density at radius 1 is 1.24 bits per heavy atom. The van der Waals surface area contributed by atoms with Gasteiger partial charge >= 0.3 is 0 Å². The summed E-state index contributed by atoms with van der Waals surface area (Å²) in [6.07, 6.45) is 0. The number of hydrogen-bond donors (Lipinski definition) is 0. The van der Waals surface area contributed by atoms with E-state index in [0.29, 0.717) is 5.82 Å². The zero-order chi connectivity index (χ0) is 12.4. The molecule has 0 amide bonds. The molecule has 0 bridgehead atoms. The molecule has 17 heavy (non-hydrogen) atoms. The molecule has 0 aliphatic carbocycles. The molecule has 86 valence electrons. The average Bonchev–Trinajstić information content (AvgIpc) is 2.30. The number of nitro groups is 1. The number of aryl methyl sites for hydroxylation is 1. The molecule has 0 N–H and O–H groups in total. The molecule has 0 unspecified atom stereocenters. The van der Waals surface area contributed by atoms with E-state index in [0.717, 1.165) is 6.07 Å². The summed E-state index contributed by atoms with van der Waals surface area (Å²) in [4.78, 5) is 9.75. The summed E-state index contributed by atoms with van der Waals surface area (Å²) in [7, 11) is 0. The van der Waals surface area contributed by atoms with E-state index in [2.05, 4.69) is 20.4 Å². The fraction of sp³-hybridized carbons (Fsp3) is 0.111. The van der Waals surface area contributed by atoms with Gasteiger partial charge in [-0.25, -0.2) is 4.39 Å². The molecule has 8 heteroatoms. The van der Waals surface area contributed by atoms with E-state index in [4.69, 9.17) is 0 Å². The number of aromatic nitrogens is 4. The van der Waals surface area contributed by atoms with Gasteiger partial charge in [-0.1, -0.05) is 0 Å². The molecular weight excluding hydrogens is 229 g/mol. The Bertz CT molecular complexity index is 572. The van der Waals surface area contributed by atoms with Crippen LogP contribution in [0.2, 0.25) is 0 Å². The fourth-order valence-corrected chi connectivity index (χ4v) is 1.19. The summed E-state index contributed by atoms with van der Waals surface area (Å²) in [5.41, 5.74) is -0.310. The molecule has 0 spiro atoms. The summed E-state index contributed by atoms with van der Waals surface area (Å²) in [6, 6.07) is 3.20. The molecule has 0 saturated heterocycles. The minimum absolute atomic E-state index is 0.0111. The van der Waals surface area contributed by atoms with Crippen molar-refractivity contribution in [2.75, 3.05) is 0 Å². The lowest BCUT2D eigenvalue weighted by Crippen LogP contribution is -2.00. The second-order valence-corrected chi connectivity index (χ2v) is 3.19. The zero-order valence-electron chi connectivity index (χ0n) is 8.66. The molecule has 0 fully saturated rings. The van der Waals surface area contributed by atoms with Crippen LogP contribution in [0.4, 0.5) is 10.1 Å². The highest BCUT2D eigenvalue weighted by atomic mass is 19.1. The number of rotatable bonds is 2. The third kappa shape index (κ3) is 2.19. The first-order valence-electron chi connectivity index (χ1n) is 4.56. The Kier molecular flexibility index (Phi) is 2.69. The molecule has 0 aliphatic rings. The lowest BCUT2D eigenvalue weighted by atomic mass is 10.2. The third-order valence-electron chi connectivity index (χ3n) is 1.98. The topological polar surface area (TPSA) is 94.7 Å². The minimum Gasteiger partial charge on any atom is -0.258 e. The number of non-ortho nitro benzene ring substituents is 1. The Labute approximate surface area is 94.5 Å². The summed E-state index contributed by atoms with van der Waals surface area (Å²) in [5, 5.41) is 25.0. The second kappa shape index (κ2) is 4.16. The lowest BCUT2D eigenvalue weighted by molar-refractivity contribution is -0.385. The van der Waals surface area contributed by atoms with Crippen LogP contribution in [0.1, 0.15) is 5.82 Å². The van der Waals surface area contributed by atoms with Crippen LogP contribution in [0, 0.1) is 22.9 Å². The van der Waals surface area contributed by atoms with Crippen LogP contribution in [0.5, 0.6) is 0 Å². The maximum absolute atomic E-state index is 13.6. The van der Waals surface area contributed by atoms with E-state index in [1.807, 2.05) is 0 Å². The van der Waals surface area contributed by atoms with Crippen molar-refractivity contribution in [3.8, 4) is 11.4 Å². The Morgan fingerprint density at radius 3 is 2.41 bits per heavy atom. The number of hydrogen-bond acceptors (Lipinski definition) is 6. The summed E-state index contributed by atoms with van der Waals surface area (Å²) >= 11 is 0. The van der Waals surface area contributed by atoms with Gasteiger partial charge in [0.05, 0.1) is 16.6 Å². The summed E-state index contributed by atoms with van der Waals surface area (Å²) in [6.45, 7) is 1.59. The Morgan fingerprint density at radius 2 is 1.88 bits per heavy atom. The molecule has 7 nitrogen and oxygen atoms in total. The van der Waals surface area contributed by atoms with Crippen LogP contribution in [0.3, 0.4) is 0 Å². The SMILES string of the molecule is Cc1nnc(-c2ccc([N+](=O)[O-])cc2F)nn1. The molecule has 0 saturated carbocycles. The van der Waals surface area contributed by atoms with Gasteiger partial charge in [-0.05, 0) is 13.0 Å². The smallest absolute Gasteiger partial charge is 0.258 e. The highest BCUT2D eigenvalue weighted by molar-refractivity contribution is 5.57. The van der Waals surface area contributed by atoms with Crippen molar-refractivity contribution < 1.29 is 9.31 Å². The van der Waals surface area contributed by atoms with Crippen LogP contribution < -0.4 is 0 Å². The van der Waals surface area contributed by atoms with Crippen molar-refractivity contribution in [2.24, 2.45) is 0 Å². The van der Waals surface area contributed by atoms with Gasteiger partial charge in [-0.15, -0.1) is 20.4 Å². The minimum atomic E-state index is -0.786. The molecule has 0 radical (unpaired) electrons. The van der Waals surface area contributed by atoms with E-state index in [1.54, 1.807) is 6.92 Å². The van der Waals surface area contributed by atoms with Gasteiger partial charge in [-0.3, -0.25) is 10.1 Å². The van der Waals surface area contributed by atoms with Gasteiger partial charge in [0.1, 0.15) is 5.82 Å². The number of nitro benzene ring substituents is 1. The predicted octanol–water partition coefficient (Wildman–Crippen LogP) is 1.29. The van der Waals surface area contributed by atoms with E-state index >= 15 is 0 Å². The lowest BCUT2D eigenvalue weighted by Gasteiger charge is -2.00. The van der Waals surface area contributed by atoms with Crippen molar-refractivity contribution in [1.82, 2.24) is 20.4 Å². The van der Waals surface area contributed by atoms with Crippen molar-refractivity contribution in [3.63, 3.8) is 0 Å². The quantitative estimate of drug-likeness (QED) is 0.574. The standard InChI is InChI=1S/C9H6FN5O2/c1-5-11-13-9(14-12-5)7-3-2-6(15(16)17)4-8(7)10/h2-4H,1H3. The van der Waals surface area contributed by atoms with Gasteiger partial charge in [0.2, 0.25) is 5.82 Å². The van der Waals surface area contributed by atoms with Crippen LogP contribution in [-0.2, 0) is 0 Å². The number of benzene rings is 1. The largest absolute Gasteiger partial charge is 0.272 e. The molecule has 0 aliphatic heterocycles. The first-order valence-corrected chi connectivity index (χ1v) is 4.56. The van der Waals surface area contributed by atoms with Crippen molar-refractivity contribution in [1.29, 1.82) is 0 Å². The first-order chi connectivity index (χ1) is 8.08. The molecular formula is C9H6FN5O2. The molecule has 1 aromatic heterocycles. The fourth-order valence-electron chi connectivity index (χ4n) is 1.19. The van der Waals surface area contributed by atoms with Gasteiger partial charge in [0.25, 0.3) is 5.69 Å². The van der Waals surface area contributed by atoms with Crippen LogP contribution in [0.15, 0.2) is 18.2 Å². The Hall–Kier alpha value is -2.51. The van der Waals surface area contributed by atoms with E-state index in [-0.39, 0.29) is 17.1 Å². The maximum Gasteiger partial charge on any atom is 0.272 e. The number of halogens is 1. The van der Waals surface area contributed by atoms with Crippen molar-refractivity contribution in [2.45, 2.75) is 6.92 Å². The maximum atomic E-state index is 13.6. The number of nitrogens with zero attached hydrogens (tertiary/aromatic N) is 5. The molecule has 2 rings (SSSR count). The molecule has 2 aromatic rings.